The summed E-state index contributed by atoms with van der Waals surface area (Å²) in [7, 11) is 3.40. The first-order valence-electron chi connectivity index (χ1n) is 5.03. The van der Waals surface area contributed by atoms with Crippen molar-refractivity contribution in [3.8, 4) is 0 Å². The quantitative estimate of drug-likeness (QED) is 0.716. The van der Waals surface area contributed by atoms with E-state index in [2.05, 4.69) is 5.10 Å². The summed E-state index contributed by atoms with van der Waals surface area (Å²) in [4.78, 5) is 23.8. The standard InChI is InChI=1S/C10H15N3O4/c1-12(3-4-17-2)8-5-9(14)13(11-6-8)7-10(15)16/h5-6H,3-4,7H2,1-2H3,(H,15,16). The molecule has 0 bridgehead atoms. The molecule has 0 aliphatic heterocycles. The molecule has 7 heteroatoms. The second-order valence-corrected chi connectivity index (χ2v) is 3.52. The minimum atomic E-state index is -1.10. The average Bonchev–Trinajstić information content (AvgIpc) is 2.28. The summed E-state index contributed by atoms with van der Waals surface area (Å²) in [5.41, 5.74) is 0.197. The average molecular weight is 241 g/mol. The number of aromatic nitrogens is 2. The number of carboxylic acids is 1. The van der Waals surface area contributed by atoms with Crippen molar-refractivity contribution in [3.63, 3.8) is 0 Å². The van der Waals surface area contributed by atoms with E-state index in [1.54, 1.807) is 14.2 Å². The van der Waals surface area contributed by atoms with Gasteiger partial charge in [0, 0.05) is 26.8 Å². The SMILES string of the molecule is COCCN(C)c1cnn(CC(=O)O)c(=O)c1. The van der Waals surface area contributed by atoms with E-state index in [4.69, 9.17) is 9.84 Å². The molecule has 94 valence electrons. The summed E-state index contributed by atoms with van der Waals surface area (Å²) in [5.74, 6) is -1.10. The summed E-state index contributed by atoms with van der Waals surface area (Å²) >= 11 is 0. The number of aliphatic carboxylic acids is 1. The molecule has 17 heavy (non-hydrogen) atoms. The van der Waals surface area contributed by atoms with Gasteiger partial charge < -0.3 is 14.7 Å². The van der Waals surface area contributed by atoms with Gasteiger partial charge in [0.1, 0.15) is 6.54 Å². The Kier molecular flexibility index (Phi) is 4.65. The second-order valence-electron chi connectivity index (χ2n) is 3.52. The van der Waals surface area contributed by atoms with Crippen LogP contribution in [-0.2, 0) is 16.1 Å². The van der Waals surface area contributed by atoms with Crippen molar-refractivity contribution in [2.45, 2.75) is 6.54 Å². The first kappa shape index (κ1) is 13.2. The van der Waals surface area contributed by atoms with Gasteiger partial charge in [-0.05, 0) is 0 Å². The normalized spacial score (nSPS) is 10.2. The van der Waals surface area contributed by atoms with E-state index < -0.39 is 18.1 Å². The maximum absolute atomic E-state index is 11.5. The van der Waals surface area contributed by atoms with E-state index >= 15 is 0 Å². The summed E-state index contributed by atoms with van der Waals surface area (Å²) in [6.45, 7) is 0.732. The van der Waals surface area contributed by atoms with Crippen molar-refractivity contribution in [3.05, 3.63) is 22.6 Å². The predicted octanol–water partition coefficient (Wildman–Crippen LogP) is -0.589. The molecule has 0 spiro atoms. The van der Waals surface area contributed by atoms with Crippen LogP contribution in [0.1, 0.15) is 0 Å². The zero-order chi connectivity index (χ0) is 12.8. The third-order valence-electron chi connectivity index (χ3n) is 2.21. The van der Waals surface area contributed by atoms with Gasteiger partial charge >= 0.3 is 5.97 Å². The molecule has 0 saturated heterocycles. The van der Waals surface area contributed by atoms with Crippen LogP contribution in [0.15, 0.2) is 17.1 Å². The van der Waals surface area contributed by atoms with Crippen LogP contribution in [-0.4, -0.2) is 48.2 Å². The minimum absolute atomic E-state index is 0.430. The molecule has 1 aromatic heterocycles. The van der Waals surface area contributed by atoms with E-state index in [0.717, 1.165) is 4.68 Å². The molecule has 0 fully saturated rings. The number of hydrogen-bond donors (Lipinski definition) is 1. The Hall–Kier alpha value is -1.89. The Labute approximate surface area is 98.2 Å². The Bertz CT molecular complexity index is 443. The molecule has 0 unspecified atom stereocenters. The molecule has 0 saturated carbocycles. The lowest BCUT2D eigenvalue weighted by molar-refractivity contribution is -0.138. The van der Waals surface area contributed by atoms with Gasteiger partial charge in [0.2, 0.25) is 0 Å². The van der Waals surface area contributed by atoms with E-state index in [9.17, 15) is 9.59 Å². The van der Waals surface area contributed by atoms with Crippen LogP contribution >= 0.6 is 0 Å². The lowest BCUT2D eigenvalue weighted by atomic mass is 10.4. The maximum atomic E-state index is 11.5. The molecule has 1 aromatic rings. The Morgan fingerprint density at radius 3 is 2.88 bits per heavy atom. The Morgan fingerprint density at radius 2 is 2.35 bits per heavy atom. The van der Waals surface area contributed by atoms with Gasteiger partial charge in [0.15, 0.2) is 0 Å². The van der Waals surface area contributed by atoms with Crippen molar-refractivity contribution in [1.82, 2.24) is 9.78 Å². The minimum Gasteiger partial charge on any atom is -0.480 e. The van der Waals surface area contributed by atoms with E-state index in [1.165, 1.54) is 12.3 Å². The molecular formula is C10H15N3O4. The first-order chi connectivity index (χ1) is 8.04. The van der Waals surface area contributed by atoms with Crippen molar-refractivity contribution < 1.29 is 14.6 Å². The lowest BCUT2D eigenvalue weighted by Crippen LogP contribution is -2.29. The molecular weight excluding hydrogens is 226 g/mol. The molecule has 0 aromatic carbocycles. The molecule has 1 N–H and O–H groups in total. The van der Waals surface area contributed by atoms with Gasteiger partial charge in [-0.2, -0.15) is 5.10 Å². The first-order valence-corrected chi connectivity index (χ1v) is 5.03. The van der Waals surface area contributed by atoms with Crippen molar-refractivity contribution in [2.24, 2.45) is 0 Å². The number of carbonyl (C=O) groups is 1. The number of likely N-dealkylation sites (N-methyl/N-ethyl adjacent to an activating group) is 1. The topological polar surface area (TPSA) is 84.7 Å². The number of ether oxygens (including phenoxy) is 1. The number of anilines is 1. The van der Waals surface area contributed by atoms with Crippen LogP contribution in [0, 0.1) is 0 Å². The molecule has 0 radical (unpaired) electrons. The fourth-order valence-electron chi connectivity index (χ4n) is 1.24. The number of methoxy groups -OCH3 is 1. The largest absolute Gasteiger partial charge is 0.480 e. The van der Waals surface area contributed by atoms with Gasteiger partial charge in [-0.3, -0.25) is 9.59 Å². The highest BCUT2D eigenvalue weighted by Gasteiger charge is 2.06. The van der Waals surface area contributed by atoms with E-state index in [0.29, 0.717) is 18.8 Å². The van der Waals surface area contributed by atoms with Crippen LogP contribution in [0.4, 0.5) is 5.69 Å². The van der Waals surface area contributed by atoms with Gasteiger partial charge in [0.05, 0.1) is 18.5 Å². The lowest BCUT2D eigenvalue weighted by Gasteiger charge is -2.18. The van der Waals surface area contributed by atoms with E-state index in [1.807, 2.05) is 4.90 Å². The summed E-state index contributed by atoms with van der Waals surface area (Å²) < 4.78 is 5.82. The van der Waals surface area contributed by atoms with Crippen molar-refractivity contribution in [1.29, 1.82) is 0 Å². The molecule has 7 nitrogen and oxygen atoms in total. The predicted molar refractivity (Wildman–Crippen MR) is 61.3 cm³/mol. The van der Waals surface area contributed by atoms with Gasteiger partial charge in [-0.1, -0.05) is 0 Å². The molecule has 0 atom stereocenters. The Morgan fingerprint density at radius 1 is 1.65 bits per heavy atom. The smallest absolute Gasteiger partial charge is 0.325 e. The van der Waals surface area contributed by atoms with Gasteiger partial charge in [0.25, 0.3) is 5.56 Å². The highest BCUT2D eigenvalue weighted by Crippen LogP contribution is 2.05. The van der Waals surface area contributed by atoms with Crippen LogP contribution in [0.5, 0.6) is 0 Å². The fraction of sp³-hybridized carbons (Fsp3) is 0.500. The van der Waals surface area contributed by atoms with Crippen molar-refractivity contribution in [2.75, 3.05) is 32.2 Å². The fourth-order valence-corrected chi connectivity index (χ4v) is 1.24. The molecule has 1 rings (SSSR count). The van der Waals surface area contributed by atoms with Gasteiger partial charge in [-0.25, -0.2) is 4.68 Å². The zero-order valence-corrected chi connectivity index (χ0v) is 9.79. The third-order valence-corrected chi connectivity index (χ3v) is 2.21. The number of rotatable bonds is 6. The number of carboxylic acid groups (broad SMARTS) is 1. The molecule has 1 heterocycles. The van der Waals surface area contributed by atoms with Crippen molar-refractivity contribution >= 4 is 11.7 Å². The summed E-state index contributed by atoms with van der Waals surface area (Å²) in [5, 5.41) is 12.3. The van der Waals surface area contributed by atoms with Crippen LogP contribution in [0.3, 0.4) is 0 Å². The van der Waals surface area contributed by atoms with E-state index in [-0.39, 0.29) is 0 Å². The number of hydrogen-bond acceptors (Lipinski definition) is 5. The maximum Gasteiger partial charge on any atom is 0.325 e. The second kappa shape index (κ2) is 6.00. The number of nitrogens with zero attached hydrogens (tertiary/aromatic N) is 3. The third kappa shape index (κ3) is 3.87. The highest BCUT2D eigenvalue weighted by molar-refractivity contribution is 5.66. The Balaban J connectivity index is 2.81. The summed E-state index contributed by atoms with van der Waals surface area (Å²) in [6.07, 6.45) is 1.46. The van der Waals surface area contributed by atoms with Crippen LogP contribution in [0.2, 0.25) is 0 Å². The molecule has 0 aliphatic rings. The molecule has 0 aliphatic carbocycles. The molecule has 0 amide bonds. The monoisotopic (exact) mass is 241 g/mol. The van der Waals surface area contributed by atoms with Crippen LogP contribution in [0.25, 0.3) is 0 Å². The van der Waals surface area contributed by atoms with Crippen LogP contribution < -0.4 is 10.5 Å². The zero-order valence-electron chi connectivity index (χ0n) is 9.79. The summed E-state index contributed by atoms with van der Waals surface area (Å²) in [6, 6.07) is 1.35. The highest BCUT2D eigenvalue weighted by atomic mass is 16.5. The van der Waals surface area contributed by atoms with Gasteiger partial charge in [-0.15, -0.1) is 0 Å².